The third-order valence-electron chi connectivity index (χ3n) is 4.85. The van der Waals surface area contributed by atoms with Gasteiger partial charge in [-0.1, -0.05) is 12.1 Å². The second-order valence-electron chi connectivity index (χ2n) is 6.61. The van der Waals surface area contributed by atoms with Gasteiger partial charge in [0.25, 0.3) is 0 Å². The van der Waals surface area contributed by atoms with Crippen molar-refractivity contribution in [1.29, 1.82) is 0 Å². The van der Waals surface area contributed by atoms with Crippen molar-refractivity contribution in [1.82, 2.24) is 19.0 Å². The van der Waals surface area contributed by atoms with Crippen LogP contribution in [0.4, 0.5) is 0 Å². The Kier molecular flexibility index (Phi) is 3.99. The van der Waals surface area contributed by atoms with E-state index >= 15 is 0 Å². The molecule has 1 amide bonds. The molecular formula is C21H15N5O2S. The minimum absolute atomic E-state index is 0.0759. The van der Waals surface area contributed by atoms with Crippen LogP contribution in [0, 0.1) is 0 Å². The van der Waals surface area contributed by atoms with Crippen LogP contribution in [0.25, 0.3) is 22.2 Å². The topological polar surface area (TPSA) is 104 Å². The maximum atomic E-state index is 13.1. The predicted octanol–water partition coefficient (Wildman–Crippen LogP) is 3.28. The first-order valence-electron chi connectivity index (χ1n) is 8.84. The van der Waals surface area contributed by atoms with Crippen LogP contribution in [-0.2, 0) is 0 Å². The van der Waals surface area contributed by atoms with E-state index in [2.05, 4.69) is 14.7 Å². The maximum absolute atomic E-state index is 13.1. The summed E-state index contributed by atoms with van der Waals surface area (Å²) >= 11 is 1.45. The average molecular weight is 401 g/mol. The van der Waals surface area contributed by atoms with Gasteiger partial charge in [0.2, 0.25) is 5.91 Å². The fraction of sp³-hybridized carbons (Fsp3) is 0. The van der Waals surface area contributed by atoms with Crippen molar-refractivity contribution >= 4 is 34.9 Å². The molecule has 3 aromatic rings. The third kappa shape index (κ3) is 2.99. The predicted molar refractivity (Wildman–Crippen MR) is 112 cm³/mol. The largest absolute Gasteiger partial charge is 0.366 e. The molecule has 0 bridgehead atoms. The van der Waals surface area contributed by atoms with Gasteiger partial charge in [-0.2, -0.15) is 0 Å². The third-order valence-corrected chi connectivity index (χ3v) is 5.60. The molecule has 0 spiro atoms. The number of amides is 1. The number of ketones is 1. The van der Waals surface area contributed by atoms with Crippen molar-refractivity contribution in [2.45, 2.75) is 0 Å². The number of carbonyl (C=O) groups excluding carboxylic acids is 2. The molecule has 0 aliphatic carbocycles. The maximum Gasteiger partial charge on any atom is 0.248 e. The Labute approximate surface area is 170 Å². The fourth-order valence-corrected chi connectivity index (χ4v) is 3.93. The number of rotatable bonds is 4. The molecule has 5 rings (SSSR count). The molecule has 0 radical (unpaired) electrons. The zero-order valence-electron chi connectivity index (χ0n) is 15.0. The van der Waals surface area contributed by atoms with Crippen LogP contribution in [0.5, 0.6) is 0 Å². The number of benzene rings is 1. The fourth-order valence-electron chi connectivity index (χ4n) is 3.31. The van der Waals surface area contributed by atoms with Crippen molar-refractivity contribution in [3.63, 3.8) is 0 Å². The molecule has 2 aliphatic rings. The van der Waals surface area contributed by atoms with E-state index in [1.807, 2.05) is 41.0 Å². The Morgan fingerprint density at radius 1 is 1.14 bits per heavy atom. The second kappa shape index (κ2) is 6.68. The minimum atomic E-state index is -0.470. The lowest BCUT2D eigenvalue weighted by Gasteiger charge is -2.16. The molecular weight excluding hydrogens is 386 g/mol. The first-order chi connectivity index (χ1) is 14.1. The Bertz CT molecular complexity index is 1250. The lowest BCUT2D eigenvalue weighted by Crippen LogP contribution is -2.11. The van der Waals surface area contributed by atoms with Gasteiger partial charge in [-0.25, -0.2) is 4.98 Å². The number of hydrogen-bond donors (Lipinski definition) is 3. The van der Waals surface area contributed by atoms with E-state index in [0.29, 0.717) is 22.3 Å². The first kappa shape index (κ1) is 17.3. The van der Waals surface area contributed by atoms with Crippen LogP contribution in [0.2, 0.25) is 0 Å². The number of H-pyrrole nitrogens is 1. The van der Waals surface area contributed by atoms with E-state index in [9.17, 15) is 9.59 Å². The van der Waals surface area contributed by atoms with Crippen molar-refractivity contribution < 1.29 is 9.59 Å². The summed E-state index contributed by atoms with van der Waals surface area (Å²) in [6.07, 6.45) is 10.8. The number of aromatic amines is 1. The number of Topliss-reactive ketones (excluding diaryl/α,β-unsaturated/α-hetero) is 1. The number of nitrogens with zero attached hydrogens (tertiary/aromatic N) is 2. The van der Waals surface area contributed by atoms with Gasteiger partial charge in [-0.05, 0) is 35.9 Å². The van der Waals surface area contributed by atoms with Gasteiger partial charge in [0, 0.05) is 52.4 Å². The Morgan fingerprint density at radius 3 is 2.76 bits per heavy atom. The minimum Gasteiger partial charge on any atom is -0.366 e. The van der Waals surface area contributed by atoms with E-state index in [4.69, 9.17) is 5.73 Å². The van der Waals surface area contributed by atoms with Crippen LogP contribution < -0.4 is 10.5 Å². The molecule has 8 heteroatoms. The summed E-state index contributed by atoms with van der Waals surface area (Å²) in [6, 6.07) is 8.91. The van der Waals surface area contributed by atoms with Gasteiger partial charge in [0.1, 0.15) is 5.65 Å². The SMILES string of the molecule is NC(=O)c1ccc(-c2cnc3[nH]cc(C(=O)C4=CC5=CNSN5C=C4)c3c2)cc1. The molecule has 0 fully saturated rings. The smallest absolute Gasteiger partial charge is 0.248 e. The summed E-state index contributed by atoms with van der Waals surface area (Å²) in [7, 11) is 0. The molecule has 2 aliphatic heterocycles. The highest BCUT2D eigenvalue weighted by molar-refractivity contribution is 7.95. The van der Waals surface area contributed by atoms with Crippen molar-refractivity contribution in [3.05, 3.63) is 89.7 Å². The van der Waals surface area contributed by atoms with Gasteiger partial charge in [0.15, 0.2) is 5.78 Å². The van der Waals surface area contributed by atoms with Crippen LogP contribution in [0.1, 0.15) is 20.7 Å². The summed E-state index contributed by atoms with van der Waals surface area (Å²) in [6.45, 7) is 0. The molecule has 7 nitrogen and oxygen atoms in total. The molecule has 4 N–H and O–H groups in total. The van der Waals surface area contributed by atoms with Crippen LogP contribution in [0.3, 0.4) is 0 Å². The number of allylic oxidation sites excluding steroid dienone is 3. The van der Waals surface area contributed by atoms with Gasteiger partial charge < -0.3 is 15.4 Å². The first-order valence-corrected chi connectivity index (χ1v) is 9.61. The number of nitrogens with one attached hydrogen (secondary N) is 2. The molecule has 0 unspecified atom stereocenters. The summed E-state index contributed by atoms with van der Waals surface area (Å²) in [4.78, 5) is 31.9. The van der Waals surface area contributed by atoms with Gasteiger partial charge in [-0.3, -0.25) is 13.9 Å². The molecule has 0 saturated heterocycles. The molecule has 29 heavy (non-hydrogen) atoms. The average Bonchev–Trinajstić information content (AvgIpc) is 3.39. The lowest BCUT2D eigenvalue weighted by molar-refractivity contribution is 0.0998. The second-order valence-corrected chi connectivity index (χ2v) is 7.42. The Balaban J connectivity index is 1.52. The number of fused-ring (bicyclic) bond motifs is 2. The number of carbonyl (C=O) groups is 2. The molecule has 0 atom stereocenters. The number of hydrogen-bond acceptors (Lipinski definition) is 6. The number of aromatic nitrogens is 2. The standard InChI is InChI=1S/C21H15N5O2S/c22-20(28)13-3-1-12(2-4-13)15-8-17-18(11-24-21(17)23-9-15)19(27)14-5-6-26-16(7-14)10-25-29-26/h1-11,25H,(H2,22,28)(H,23,24). The monoisotopic (exact) mass is 401 g/mol. The highest BCUT2D eigenvalue weighted by atomic mass is 32.2. The summed E-state index contributed by atoms with van der Waals surface area (Å²) in [5, 5.41) is 0.746. The number of primary amides is 1. The molecule has 2 aromatic heterocycles. The molecule has 4 heterocycles. The Morgan fingerprint density at radius 2 is 1.97 bits per heavy atom. The molecule has 142 valence electrons. The molecule has 0 saturated carbocycles. The van der Waals surface area contributed by atoms with Crippen LogP contribution in [-0.4, -0.2) is 26.0 Å². The van der Waals surface area contributed by atoms with E-state index in [0.717, 1.165) is 22.2 Å². The quantitative estimate of drug-likeness (QED) is 0.458. The van der Waals surface area contributed by atoms with E-state index < -0.39 is 5.91 Å². The van der Waals surface area contributed by atoms with Gasteiger partial charge >= 0.3 is 0 Å². The van der Waals surface area contributed by atoms with Crippen LogP contribution in [0.15, 0.2) is 78.5 Å². The molecule has 1 aromatic carbocycles. The van der Waals surface area contributed by atoms with Crippen molar-refractivity contribution in [3.8, 4) is 11.1 Å². The highest BCUT2D eigenvalue weighted by Crippen LogP contribution is 2.31. The van der Waals surface area contributed by atoms with Crippen LogP contribution >= 0.6 is 12.1 Å². The summed E-state index contributed by atoms with van der Waals surface area (Å²) < 4.78 is 5.00. The summed E-state index contributed by atoms with van der Waals surface area (Å²) in [5.41, 5.74) is 10.2. The van der Waals surface area contributed by atoms with Gasteiger partial charge in [-0.15, -0.1) is 0 Å². The normalized spacial score (nSPS) is 15.0. The van der Waals surface area contributed by atoms with Crippen molar-refractivity contribution in [2.24, 2.45) is 5.73 Å². The zero-order valence-corrected chi connectivity index (χ0v) is 15.9. The number of nitrogens with two attached hydrogens (primary N) is 1. The zero-order chi connectivity index (χ0) is 20.0. The number of pyridine rings is 1. The Hall–Kier alpha value is -3.78. The van der Waals surface area contributed by atoms with Gasteiger partial charge in [0.05, 0.1) is 17.8 Å². The lowest BCUT2D eigenvalue weighted by atomic mass is 9.99. The van der Waals surface area contributed by atoms with E-state index in [1.165, 1.54) is 12.1 Å². The van der Waals surface area contributed by atoms with E-state index in [1.54, 1.807) is 30.6 Å². The summed E-state index contributed by atoms with van der Waals surface area (Å²) in [5.74, 6) is -0.546. The highest BCUT2D eigenvalue weighted by Gasteiger charge is 2.22. The van der Waals surface area contributed by atoms with Crippen molar-refractivity contribution in [2.75, 3.05) is 0 Å². The van der Waals surface area contributed by atoms with E-state index in [-0.39, 0.29) is 5.78 Å².